The van der Waals surface area contributed by atoms with Crippen LogP contribution in [0.3, 0.4) is 0 Å². The van der Waals surface area contributed by atoms with Crippen molar-refractivity contribution in [2.45, 2.75) is 6.54 Å². The van der Waals surface area contributed by atoms with Gasteiger partial charge in [-0.25, -0.2) is 0 Å². The third-order valence-corrected chi connectivity index (χ3v) is 2.33. The molecule has 2 aromatic rings. The number of halogens is 2. The van der Waals surface area contributed by atoms with E-state index in [4.69, 9.17) is 0 Å². The zero-order valence-corrected chi connectivity index (χ0v) is 11.3. The largest absolute Gasteiger partial charge is 0.348 e. The first-order valence-corrected chi connectivity index (χ1v) is 5.23. The van der Waals surface area contributed by atoms with Crippen molar-refractivity contribution in [3.05, 3.63) is 71.8 Å². The third kappa shape index (κ3) is 4.78. The van der Waals surface area contributed by atoms with Gasteiger partial charge in [0.25, 0.3) is 5.91 Å². The second-order valence-corrected chi connectivity index (χ2v) is 3.53. The summed E-state index contributed by atoms with van der Waals surface area (Å²) < 4.78 is 0. The van der Waals surface area contributed by atoms with E-state index in [0.29, 0.717) is 12.1 Å². The highest BCUT2D eigenvalue weighted by atomic mass is 35.5. The molecular formula is C14H15Cl2NO. The van der Waals surface area contributed by atoms with Crippen LogP contribution in [-0.4, -0.2) is 5.91 Å². The Hall–Kier alpha value is -1.51. The first-order chi connectivity index (χ1) is 7.86. The van der Waals surface area contributed by atoms with Gasteiger partial charge in [0.05, 0.1) is 0 Å². The van der Waals surface area contributed by atoms with E-state index in [1.807, 2.05) is 48.5 Å². The van der Waals surface area contributed by atoms with E-state index in [1.54, 1.807) is 12.1 Å². The van der Waals surface area contributed by atoms with Gasteiger partial charge in [0, 0.05) is 12.1 Å². The van der Waals surface area contributed by atoms with Gasteiger partial charge < -0.3 is 5.32 Å². The Morgan fingerprint density at radius 3 is 1.89 bits per heavy atom. The Balaban J connectivity index is 0.00000144. The van der Waals surface area contributed by atoms with Crippen LogP contribution in [0.1, 0.15) is 15.9 Å². The summed E-state index contributed by atoms with van der Waals surface area (Å²) in [4.78, 5) is 11.7. The molecule has 4 heteroatoms. The molecule has 2 nitrogen and oxygen atoms in total. The summed E-state index contributed by atoms with van der Waals surface area (Å²) in [7, 11) is 0. The van der Waals surface area contributed by atoms with E-state index in [-0.39, 0.29) is 30.7 Å². The van der Waals surface area contributed by atoms with E-state index in [2.05, 4.69) is 5.32 Å². The maximum Gasteiger partial charge on any atom is 0.251 e. The summed E-state index contributed by atoms with van der Waals surface area (Å²) in [5.41, 5.74) is 1.80. The lowest BCUT2D eigenvalue weighted by Gasteiger charge is -2.04. The minimum atomic E-state index is -0.0375. The van der Waals surface area contributed by atoms with E-state index >= 15 is 0 Å². The van der Waals surface area contributed by atoms with Crippen LogP contribution >= 0.6 is 24.8 Å². The maximum absolute atomic E-state index is 11.7. The van der Waals surface area contributed by atoms with Crippen molar-refractivity contribution in [3.8, 4) is 0 Å². The summed E-state index contributed by atoms with van der Waals surface area (Å²) >= 11 is 0. The number of rotatable bonds is 3. The maximum atomic E-state index is 11.7. The Morgan fingerprint density at radius 2 is 1.33 bits per heavy atom. The average molecular weight is 284 g/mol. The summed E-state index contributed by atoms with van der Waals surface area (Å²) in [6.07, 6.45) is 0. The SMILES string of the molecule is Cl.Cl.O=C(NCc1ccccc1)c1ccccc1. The van der Waals surface area contributed by atoms with Crippen LogP contribution in [0.4, 0.5) is 0 Å². The first kappa shape index (κ1) is 16.5. The first-order valence-electron chi connectivity index (χ1n) is 5.23. The molecule has 0 fully saturated rings. The van der Waals surface area contributed by atoms with Gasteiger partial charge >= 0.3 is 0 Å². The van der Waals surface area contributed by atoms with Crippen molar-refractivity contribution in [2.75, 3.05) is 0 Å². The molecule has 18 heavy (non-hydrogen) atoms. The number of hydrogen-bond acceptors (Lipinski definition) is 1. The van der Waals surface area contributed by atoms with E-state index in [1.165, 1.54) is 0 Å². The quantitative estimate of drug-likeness (QED) is 0.918. The molecule has 0 atom stereocenters. The van der Waals surface area contributed by atoms with E-state index in [9.17, 15) is 4.79 Å². The third-order valence-electron chi connectivity index (χ3n) is 2.33. The van der Waals surface area contributed by atoms with Gasteiger partial charge in [-0.2, -0.15) is 0 Å². The number of benzene rings is 2. The predicted octanol–water partition coefficient (Wildman–Crippen LogP) is 3.46. The zero-order valence-electron chi connectivity index (χ0n) is 9.71. The summed E-state index contributed by atoms with van der Waals surface area (Å²) in [5, 5.41) is 2.88. The van der Waals surface area contributed by atoms with Crippen LogP contribution in [-0.2, 0) is 6.54 Å². The van der Waals surface area contributed by atoms with Gasteiger partial charge in [-0.3, -0.25) is 4.79 Å². The predicted molar refractivity (Wildman–Crippen MR) is 78.6 cm³/mol. The standard InChI is InChI=1S/C14H13NO.2ClH/c16-14(13-9-5-2-6-10-13)15-11-12-7-3-1-4-8-12;;/h1-10H,11H2,(H,15,16);2*1H. The molecule has 2 rings (SSSR count). The monoisotopic (exact) mass is 283 g/mol. The number of hydrogen-bond donors (Lipinski definition) is 1. The van der Waals surface area contributed by atoms with Crippen molar-refractivity contribution < 1.29 is 4.79 Å². The van der Waals surface area contributed by atoms with Crippen LogP contribution in [0, 0.1) is 0 Å². The van der Waals surface area contributed by atoms with Crippen molar-refractivity contribution in [1.29, 1.82) is 0 Å². The molecule has 96 valence electrons. The molecule has 0 aliphatic heterocycles. The fraction of sp³-hybridized carbons (Fsp3) is 0.0714. The topological polar surface area (TPSA) is 29.1 Å². The molecule has 2 aromatic carbocycles. The van der Waals surface area contributed by atoms with Gasteiger partial charge in [0.1, 0.15) is 0 Å². The van der Waals surface area contributed by atoms with Gasteiger partial charge in [-0.05, 0) is 17.7 Å². The molecule has 0 saturated carbocycles. The van der Waals surface area contributed by atoms with Crippen LogP contribution in [0.15, 0.2) is 60.7 Å². The molecule has 0 radical (unpaired) electrons. The molecule has 0 aliphatic rings. The second kappa shape index (κ2) is 8.56. The molecule has 0 spiro atoms. The van der Waals surface area contributed by atoms with Gasteiger partial charge in [0.15, 0.2) is 0 Å². The number of amides is 1. The van der Waals surface area contributed by atoms with Gasteiger partial charge in [0.2, 0.25) is 0 Å². The number of nitrogens with one attached hydrogen (secondary N) is 1. The lowest BCUT2D eigenvalue weighted by molar-refractivity contribution is 0.0951. The Morgan fingerprint density at radius 1 is 0.833 bits per heavy atom. The van der Waals surface area contributed by atoms with Crippen molar-refractivity contribution in [3.63, 3.8) is 0 Å². The molecule has 0 aromatic heterocycles. The normalized spacial score (nSPS) is 8.67. The Bertz CT molecular complexity index is 460. The molecule has 0 saturated heterocycles. The van der Waals surface area contributed by atoms with Crippen LogP contribution in [0.2, 0.25) is 0 Å². The molecule has 0 bridgehead atoms. The highest BCUT2D eigenvalue weighted by molar-refractivity contribution is 5.94. The fourth-order valence-corrected chi connectivity index (χ4v) is 1.47. The minimum absolute atomic E-state index is 0. The molecule has 0 heterocycles. The van der Waals surface area contributed by atoms with Gasteiger partial charge in [-0.1, -0.05) is 48.5 Å². The molecule has 0 unspecified atom stereocenters. The van der Waals surface area contributed by atoms with Crippen molar-refractivity contribution >= 4 is 30.7 Å². The smallest absolute Gasteiger partial charge is 0.251 e. The molecule has 1 amide bonds. The van der Waals surface area contributed by atoms with E-state index < -0.39 is 0 Å². The highest BCUT2D eigenvalue weighted by Crippen LogP contribution is 2.01. The van der Waals surface area contributed by atoms with Crippen LogP contribution in [0.25, 0.3) is 0 Å². The van der Waals surface area contributed by atoms with Crippen molar-refractivity contribution in [1.82, 2.24) is 5.32 Å². The van der Waals surface area contributed by atoms with Gasteiger partial charge in [-0.15, -0.1) is 24.8 Å². The second-order valence-electron chi connectivity index (χ2n) is 3.53. The summed E-state index contributed by atoms with van der Waals surface area (Å²) in [5.74, 6) is -0.0375. The van der Waals surface area contributed by atoms with Crippen molar-refractivity contribution in [2.24, 2.45) is 0 Å². The molecular weight excluding hydrogens is 269 g/mol. The minimum Gasteiger partial charge on any atom is -0.348 e. The number of carbonyl (C=O) groups is 1. The Kier molecular flexibility index (Phi) is 7.84. The highest BCUT2D eigenvalue weighted by Gasteiger charge is 2.02. The van der Waals surface area contributed by atoms with Crippen LogP contribution in [0.5, 0.6) is 0 Å². The zero-order chi connectivity index (χ0) is 11.2. The average Bonchev–Trinajstić information content (AvgIpc) is 2.38. The number of carbonyl (C=O) groups excluding carboxylic acids is 1. The summed E-state index contributed by atoms with van der Waals surface area (Å²) in [6, 6.07) is 19.1. The van der Waals surface area contributed by atoms with E-state index in [0.717, 1.165) is 5.56 Å². The van der Waals surface area contributed by atoms with Crippen LogP contribution < -0.4 is 5.32 Å². The Labute approximate surface area is 119 Å². The lowest BCUT2D eigenvalue weighted by Crippen LogP contribution is -2.22. The fourth-order valence-electron chi connectivity index (χ4n) is 1.47. The molecule has 1 N–H and O–H groups in total. The lowest BCUT2D eigenvalue weighted by atomic mass is 10.2. The summed E-state index contributed by atoms with van der Waals surface area (Å²) in [6.45, 7) is 0.564. The molecule has 0 aliphatic carbocycles.